The molecule has 0 amide bonds. The van der Waals surface area contributed by atoms with E-state index < -0.39 is 12.1 Å². The van der Waals surface area contributed by atoms with Crippen molar-refractivity contribution in [1.82, 2.24) is 19.7 Å². The lowest BCUT2D eigenvalue weighted by Crippen LogP contribution is -2.43. The van der Waals surface area contributed by atoms with Crippen LogP contribution in [0, 0.1) is 17.8 Å². The molecule has 178 valence electrons. The fraction of sp³-hybridized carbons (Fsp3) is 0.652. The van der Waals surface area contributed by atoms with Crippen molar-refractivity contribution in [3.8, 4) is 17.0 Å². The predicted molar refractivity (Wildman–Crippen MR) is 114 cm³/mol. The highest BCUT2D eigenvalue weighted by Gasteiger charge is 2.58. The monoisotopic (exact) mass is 463 g/mol. The second kappa shape index (κ2) is 7.87. The summed E-state index contributed by atoms with van der Waals surface area (Å²) >= 11 is 0. The van der Waals surface area contributed by atoms with Crippen LogP contribution < -0.4 is 10.5 Å². The Morgan fingerprint density at radius 2 is 1.85 bits per heavy atom. The average molecular weight is 464 g/mol. The number of ether oxygens (including phenoxy) is 2. The standard InChI is InChI=1S/C23H28F3N5O2/c24-23(25,26)33-20-7-14(11-28-22(20)27)18-10-19(31(29-18)12-13-1-2-13)21-16-8-15(9-17(16)21)30-3-5-32-6-4-30/h7,10-11,13,15-17,21H,1-6,8-9,12H2,(H2,27,28)/t15-,16+,17-,21-. The number of rotatable bonds is 6. The van der Waals surface area contributed by atoms with E-state index in [1.807, 2.05) is 6.07 Å². The molecule has 2 aromatic rings. The van der Waals surface area contributed by atoms with Gasteiger partial charge >= 0.3 is 6.36 Å². The SMILES string of the molecule is Nc1ncc(-c2cc([C@H]3[C@@H]4C[C@H](N5CCOCC5)C[C@@H]43)n(CC3CC3)n2)cc1OC(F)(F)F. The van der Waals surface area contributed by atoms with Crippen LogP contribution in [0.25, 0.3) is 11.3 Å². The zero-order chi connectivity index (χ0) is 22.7. The number of anilines is 1. The number of nitrogens with two attached hydrogens (primary N) is 1. The number of hydrogen-bond donors (Lipinski definition) is 1. The van der Waals surface area contributed by atoms with Crippen LogP contribution in [0.15, 0.2) is 18.3 Å². The van der Waals surface area contributed by atoms with Gasteiger partial charge in [0.05, 0.1) is 18.9 Å². The van der Waals surface area contributed by atoms with Gasteiger partial charge in [-0.05, 0) is 55.6 Å². The molecular formula is C23H28F3N5O2. The Morgan fingerprint density at radius 1 is 1.12 bits per heavy atom. The summed E-state index contributed by atoms with van der Waals surface area (Å²) in [6.45, 7) is 4.55. The van der Waals surface area contributed by atoms with Gasteiger partial charge in [0.1, 0.15) is 0 Å². The van der Waals surface area contributed by atoms with Crippen LogP contribution in [0.5, 0.6) is 5.75 Å². The maximum Gasteiger partial charge on any atom is 0.573 e. The number of nitrogen functional groups attached to an aromatic ring is 1. The summed E-state index contributed by atoms with van der Waals surface area (Å²) in [6.07, 6.45) is 1.46. The van der Waals surface area contributed by atoms with Crippen molar-refractivity contribution < 1.29 is 22.6 Å². The molecule has 2 aromatic heterocycles. The second-order valence-electron chi connectivity index (χ2n) is 9.86. The summed E-state index contributed by atoms with van der Waals surface area (Å²) in [5.41, 5.74) is 7.92. The summed E-state index contributed by atoms with van der Waals surface area (Å²) in [4.78, 5) is 6.49. The molecule has 3 heterocycles. The zero-order valence-electron chi connectivity index (χ0n) is 18.3. The molecule has 6 rings (SSSR count). The third-order valence-corrected chi connectivity index (χ3v) is 7.67. The third-order valence-electron chi connectivity index (χ3n) is 7.67. The minimum atomic E-state index is -4.83. The van der Waals surface area contributed by atoms with Crippen molar-refractivity contribution >= 4 is 5.82 Å². The van der Waals surface area contributed by atoms with Gasteiger partial charge in [0.15, 0.2) is 11.6 Å². The number of hydrogen-bond acceptors (Lipinski definition) is 6. The number of nitrogens with zero attached hydrogens (tertiary/aromatic N) is 4. The van der Waals surface area contributed by atoms with E-state index in [1.165, 1.54) is 43.6 Å². The summed E-state index contributed by atoms with van der Waals surface area (Å²) in [5.74, 6) is 1.66. The van der Waals surface area contributed by atoms with Crippen LogP contribution in [-0.4, -0.2) is 58.4 Å². The topological polar surface area (TPSA) is 78.4 Å². The van der Waals surface area contributed by atoms with E-state index in [9.17, 15) is 13.2 Å². The van der Waals surface area contributed by atoms with E-state index in [2.05, 4.69) is 19.3 Å². The number of alkyl halides is 3. The van der Waals surface area contributed by atoms with E-state index in [0.717, 1.165) is 32.8 Å². The van der Waals surface area contributed by atoms with Crippen LogP contribution in [0.3, 0.4) is 0 Å². The molecule has 2 N–H and O–H groups in total. The molecule has 4 aliphatic rings. The van der Waals surface area contributed by atoms with Crippen LogP contribution in [-0.2, 0) is 11.3 Å². The molecule has 33 heavy (non-hydrogen) atoms. The zero-order valence-corrected chi connectivity index (χ0v) is 18.3. The first-order valence-corrected chi connectivity index (χ1v) is 11.8. The van der Waals surface area contributed by atoms with Crippen molar-refractivity contribution in [1.29, 1.82) is 0 Å². The van der Waals surface area contributed by atoms with Crippen LogP contribution in [0.2, 0.25) is 0 Å². The Labute approximate surface area is 190 Å². The fourth-order valence-corrected chi connectivity index (χ4v) is 5.83. The lowest BCUT2D eigenvalue weighted by molar-refractivity contribution is -0.274. The first-order chi connectivity index (χ1) is 15.9. The van der Waals surface area contributed by atoms with E-state index in [4.69, 9.17) is 15.6 Å². The van der Waals surface area contributed by atoms with Gasteiger partial charge in [-0.2, -0.15) is 5.10 Å². The van der Waals surface area contributed by atoms with Gasteiger partial charge in [-0.1, -0.05) is 0 Å². The lowest BCUT2D eigenvalue weighted by Gasteiger charge is -2.33. The Kier molecular flexibility index (Phi) is 5.06. The molecule has 0 bridgehead atoms. The third kappa shape index (κ3) is 4.30. The minimum Gasteiger partial charge on any atom is -0.402 e. The second-order valence-corrected chi connectivity index (χ2v) is 9.86. The molecule has 0 unspecified atom stereocenters. The van der Waals surface area contributed by atoms with Gasteiger partial charge in [0, 0.05) is 49.0 Å². The quantitative estimate of drug-likeness (QED) is 0.705. The highest BCUT2D eigenvalue weighted by molar-refractivity contribution is 5.64. The molecule has 1 aliphatic heterocycles. The maximum absolute atomic E-state index is 12.8. The molecular weight excluding hydrogens is 435 g/mol. The first kappa shape index (κ1) is 21.2. The summed E-state index contributed by atoms with van der Waals surface area (Å²) in [7, 11) is 0. The highest BCUT2D eigenvalue weighted by Crippen LogP contribution is 2.64. The maximum atomic E-state index is 12.8. The van der Waals surface area contributed by atoms with E-state index in [-0.39, 0.29) is 5.82 Å². The van der Waals surface area contributed by atoms with Crippen molar-refractivity contribution in [2.75, 3.05) is 32.0 Å². The predicted octanol–water partition coefficient (Wildman–Crippen LogP) is 3.66. The number of halogens is 3. The molecule has 1 saturated heterocycles. The minimum absolute atomic E-state index is 0.292. The van der Waals surface area contributed by atoms with E-state index in [1.54, 1.807) is 0 Å². The lowest BCUT2D eigenvalue weighted by atomic mass is 10.0. The van der Waals surface area contributed by atoms with E-state index >= 15 is 0 Å². The van der Waals surface area contributed by atoms with Gasteiger partial charge in [-0.3, -0.25) is 9.58 Å². The molecule has 3 saturated carbocycles. The molecule has 0 spiro atoms. The Morgan fingerprint density at radius 3 is 2.52 bits per heavy atom. The number of aromatic nitrogens is 3. The van der Waals surface area contributed by atoms with Crippen molar-refractivity contribution in [3.05, 3.63) is 24.0 Å². The fourth-order valence-electron chi connectivity index (χ4n) is 5.83. The van der Waals surface area contributed by atoms with Crippen molar-refractivity contribution in [2.24, 2.45) is 17.8 Å². The first-order valence-electron chi connectivity index (χ1n) is 11.8. The van der Waals surface area contributed by atoms with Gasteiger partial charge in [0.25, 0.3) is 0 Å². The Bertz CT molecular complexity index is 1020. The molecule has 0 radical (unpaired) electrons. The van der Waals surface area contributed by atoms with Gasteiger partial charge in [-0.15, -0.1) is 13.2 Å². The van der Waals surface area contributed by atoms with Gasteiger partial charge in [0.2, 0.25) is 0 Å². The summed E-state index contributed by atoms with van der Waals surface area (Å²) in [5, 5.41) is 4.80. The largest absolute Gasteiger partial charge is 0.573 e. The van der Waals surface area contributed by atoms with Crippen molar-refractivity contribution in [3.63, 3.8) is 0 Å². The van der Waals surface area contributed by atoms with Crippen molar-refractivity contribution in [2.45, 2.75) is 50.6 Å². The van der Waals surface area contributed by atoms with Crippen LogP contribution in [0.4, 0.5) is 19.0 Å². The average Bonchev–Trinajstić information content (AvgIpc) is 3.62. The summed E-state index contributed by atoms with van der Waals surface area (Å²) in [6, 6.07) is 3.97. The summed E-state index contributed by atoms with van der Waals surface area (Å²) < 4.78 is 49.9. The molecule has 7 nitrogen and oxygen atoms in total. The number of fused-ring (bicyclic) bond motifs is 1. The number of morpholine rings is 1. The molecule has 4 fully saturated rings. The Hall–Kier alpha value is -2.33. The smallest absolute Gasteiger partial charge is 0.402 e. The molecule has 10 heteroatoms. The molecule has 4 atom stereocenters. The normalized spacial score (nSPS) is 29.8. The molecule has 3 aliphatic carbocycles. The van der Waals surface area contributed by atoms with Gasteiger partial charge in [-0.25, -0.2) is 4.98 Å². The van der Waals surface area contributed by atoms with Gasteiger partial charge < -0.3 is 15.2 Å². The number of pyridine rings is 1. The van der Waals surface area contributed by atoms with E-state index in [0.29, 0.717) is 41.0 Å². The Balaban J connectivity index is 1.23. The molecule has 0 aromatic carbocycles. The highest BCUT2D eigenvalue weighted by atomic mass is 19.4. The van der Waals surface area contributed by atoms with Crippen LogP contribution in [0.1, 0.15) is 37.3 Å². The van der Waals surface area contributed by atoms with Crippen LogP contribution >= 0.6 is 0 Å².